The normalized spacial score (nSPS) is 11.0. The summed E-state index contributed by atoms with van der Waals surface area (Å²) in [6.45, 7) is 2.85. The number of rotatable bonds is 5. The molecule has 0 unspecified atom stereocenters. The summed E-state index contributed by atoms with van der Waals surface area (Å²) in [5, 5.41) is 10.4. The molecule has 1 aromatic heterocycles. The Bertz CT molecular complexity index is 1090. The molecule has 0 amide bonds. The lowest BCUT2D eigenvalue weighted by Gasteiger charge is -2.11. The summed E-state index contributed by atoms with van der Waals surface area (Å²) in [5.41, 5.74) is 6.10. The molecule has 27 heavy (non-hydrogen) atoms. The van der Waals surface area contributed by atoms with Crippen LogP contribution in [0.25, 0.3) is 22.0 Å². The third-order valence-electron chi connectivity index (χ3n) is 5.00. The highest BCUT2D eigenvalue weighted by molar-refractivity contribution is 5.93. The van der Waals surface area contributed by atoms with Crippen LogP contribution in [0.2, 0.25) is 0 Å². The summed E-state index contributed by atoms with van der Waals surface area (Å²) in [6, 6.07) is 26.4. The Morgan fingerprint density at radius 1 is 0.889 bits per heavy atom. The van der Waals surface area contributed by atoms with Gasteiger partial charge in [0.1, 0.15) is 0 Å². The first-order valence-electron chi connectivity index (χ1n) is 9.15. The molecule has 4 rings (SSSR count). The van der Waals surface area contributed by atoms with Crippen molar-refractivity contribution in [2.75, 3.05) is 0 Å². The van der Waals surface area contributed by atoms with Gasteiger partial charge in [-0.15, -0.1) is 0 Å². The highest BCUT2D eigenvalue weighted by atomic mass is 16.4. The number of carboxylic acid groups (broad SMARTS) is 1. The van der Waals surface area contributed by atoms with Gasteiger partial charge in [-0.3, -0.25) is 0 Å². The molecule has 134 valence electrons. The molecule has 1 N–H and O–H groups in total. The van der Waals surface area contributed by atoms with Crippen LogP contribution in [-0.4, -0.2) is 15.6 Å². The van der Waals surface area contributed by atoms with Crippen molar-refractivity contribution in [2.45, 2.75) is 19.9 Å². The summed E-state index contributed by atoms with van der Waals surface area (Å²) >= 11 is 0. The summed E-state index contributed by atoms with van der Waals surface area (Å²) < 4.78 is 2.22. The Morgan fingerprint density at radius 3 is 2.26 bits per heavy atom. The van der Waals surface area contributed by atoms with Crippen molar-refractivity contribution in [1.82, 2.24) is 4.57 Å². The Morgan fingerprint density at radius 2 is 1.59 bits per heavy atom. The van der Waals surface area contributed by atoms with Gasteiger partial charge in [0, 0.05) is 17.8 Å². The minimum absolute atomic E-state index is 0.323. The highest BCUT2D eigenvalue weighted by Gasteiger charge is 2.11. The zero-order chi connectivity index (χ0) is 18.8. The first-order chi connectivity index (χ1) is 13.2. The predicted octanol–water partition coefficient (Wildman–Crippen LogP) is 5.62. The Labute approximate surface area is 158 Å². The van der Waals surface area contributed by atoms with Crippen LogP contribution in [0.3, 0.4) is 0 Å². The Balaban J connectivity index is 1.70. The second-order valence-electron chi connectivity index (χ2n) is 6.72. The topological polar surface area (TPSA) is 42.2 Å². The summed E-state index contributed by atoms with van der Waals surface area (Å²) in [6.07, 6.45) is 0.902. The van der Waals surface area contributed by atoms with Crippen LogP contribution in [0.4, 0.5) is 0 Å². The van der Waals surface area contributed by atoms with Crippen molar-refractivity contribution in [1.29, 1.82) is 0 Å². The number of benzene rings is 3. The van der Waals surface area contributed by atoms with Crippen LogP contribution >= 0.6 is 0 Å². The van der Waals surface area contributed by atoms with Crippen LogP contribution in [0, 0.1) is 0 Å². The molecule has 3 aromatic carbocycles. The zero-order valence-corrected chi connectivity index (χ0v) is 15.2. The molecular formula is C24H21NO2. The van der Waals surface area contributed by atoms with Crippen molar-refractivity contribution in [3.8, 4) is 11.1 Å². The quantitative estimate of drug-likeness (QED) is 0.505. The van der Waals surface area contributed by atoms with Crippen molar-refractivity contribution in [3.63, 3.8) is 0 Å². The van der Waals surface area contributed by atoms with Gasteiger partial charge in [-0.05, 0) is 46.7 Å². The average molecular weight is 355 g/mol. The molecule has 0 aliphatic rings. The fourth-order valence-electron chi connectivity index (χ4n) is 3.54. The zero-order valence-electron chi connectivity index (χ0n) is 15.2. The van der Waals surface area contributed by atoms with Gasteiger partial charge >= 0.3 is 5.97 Å². The summed E-state index contributed by atoms with van der Waals surface area (Å²) in [4.78, 5) is 11.4. The molecule has 0 atom stereocenters. The smallest absolute Gasteiger partial charge is 0.335 e. The number of nitrogens with zero attached hydrogens (tertiary/aromatic N) is 1. The molecule has 3 heteroatoms. The van der Waals surface area contributed by atoms with Gasteiger partial charge in [0.2, 0.25) is 0 Å². The van der Waals surface area contributed by atoms with E-state index < -0.39 is 5.97 Å². The maximum Gasteiger partial charge on any atom is 0.335 e. The van der Waals surface area contributed by atoms with E-state index in [1.165, 1.54) is 22.4 Å². The standard InChI is InChI=1S/C24H21NO2/c1-2-22-14-20-12-13-21(24(26)27)15-23(20)25(22)16-17-8-10-19(11-9-17)18-6-4-3-5-7-18/h3-15H,2,16H2,1H3,(H,26,27). The summed E-state index contributed by atoms with van der Waals surface area (Å²) in [5.74, 6) is -0.894. The molecule has 0 saturated carbocycles. The average Bonchev–Trinajstić information content (AvgIpc) is 3.06. The number of aromatic nitrogens is 1. The molecule has 4 aromatic rings. The van der Waals surface area contributed by atoms with Crippen LogP contribution < -0.4 is 0 Å². The molecule has 0 aliphatic carbocycles. The number of carbonyl (C=O) groups is 1. The van der Waals surface area contributed by atoms with Crippen molar-refractivity contribution in [2.24, 2.45) is 0 Å². The number of hydrogen-bond donors (Lipinski definition) is 1. The minimum atomic E-state index is -0.894. The largest absolute Gasteiger partial charge is 0.478 e. The molecule has 3 nitrogen and oxygen atoms in total. The number of carboxylic acids is 1. The van der Waals surface area contributed by atoms with Crippen molar-refractivity contribution < 1.29 is 9.90 Å². The van der Waals surface area contributed by atoms with Crippen LogP contribution in [0.1, 0.15) is 28.5 Å². The molecule has 0 radical (unpaired) electrons. The van der Waals surface area contributed by atoms with E-state index >= 15 is 0 Å². The van der Waals surface area contributed by atoms with Crippen molar-refractivity contribution in [3.05, 3.63) is 95.7 Å². The molecule has 0 bridgehead atoms. The number of aryl methyl sites for hydroxylation is 1. The third-order valence-corrected chi connectivity index (χ3v) is 5.00. The lowest BCUT2D eigenvalue weighted by atomic mass is 10.0. The van der Waals surface area contributed by atoms with E-state index in [2.05, 4.69) is 54.0 Å². The first-order valence-corrected chi connectivity index (χ1v) is 9.15. The SMILES string of the molecule is CCc1cc2ccc(C(=O)O)cc2n1Cc1ccc(-c2ccccc2)cc1. The maximum absolute atomic E-state index is 11.4. The van der Waals surface area contributed by atoms with E-state index in [0.29, 0.717) is 5.56 Å². The van der Waals surface area contributed by atoms with E-state index in [1.54, 1.807) is 12.1 Å². The van der Waals surface area contributed by atoms with E-state index in [0.717, 1.165) is 23.9 Å². The van der Waals surface area contributed by atoms with Gasteiger partial charge in [0.25, 0.3) is 0 Å². The predicted molar refractivity (Wildman–Crippen MR) is 109 cm³/mol. The monoisotopic (exact) mass is 355 g/mol. The second kappa shape index (κ2) is 7.12. The first kappa shape index (κ1) is 17.1. The van der Waals surface area contributed by atoms with Crippen molar-refractivity contribution >= 4 is 16.9 Å². The van der Waals surface area contributed by atoms with Gasteiger partial charge in [0.05, 0.1) is 5.56 Å². The molecule has 0 aliphatic heterocycles. The van der Waals surface area contributed by atoms with Crippen LogP contribution in [-0.2, 0) is 13.0 Å². The second-order valence-corrected chi connectivity index (χ2v) is 6.72. The maximum atomic E-state index is 11.4. The highest BCUT2D eigenvalue weighted by Crippen LogP contribution is 2.25. The van der Waals surface area contributed by atoms with Gasteiger partial charge < -0.3 is 9.67 Å². The van der Waals surface area contributed by atoms with E-state index in [-0.39, 0.29) is 0 Å². The molecular weight excluding hydrogens is 334 g/mol. The minimum Gasteiger partial charge on any atom is -0.478 e. The lowest BCUT2D eigenvalue weighted by Crippen LogP contribution is -2.04. The fraction of sp³-hybridized carbons (Fsp3) is 0.125. The third kappa shape index (κ3) is 3.36. The van der Waals surface area contributed by atoms with Gasteiger partial charge in [0.15, 0.2) is 0 Å². The fourth-order valence-corrected chi connectivity index (χ4v) is 3.54. The Kier molecular flexibility index (Phi) is 4.51. The van der Waals surface area contributed by atoms with E-state index in [1.807, 2.05) is 24.3 Å². The Hall–Kier alpha value is -3.33. The molecule has 0 fully saturated rings. The summed E-state index contributed by atoms with van der Waals surface area (Å²) in [7, 11) is 0. The molecule has 0 spiro atoms. The van der Waals surface area contributed by atoms with Gasteiger partial charge in [-0.1, -0.05) is 67.6 Å². The van der Waals surface area contributed by atoms with Crippen LogP contribution in [0.15, 0.2) is 78.9 Å². The van der Waals surface area contributed by atoms with E-state index in [9.17, 15) is 9.90 Å². The van der Waals surface area contributed by atoms with Gasteiger partial charge in [-0.2, -0.15) is 0 Å². The number of fused-ring (bicyclic) bond motifs is 1. The number of aromatic carboxylic acids is 1. The molecule has 1 heterocycles. The number of hydrogen-bond acceptors (Lipinski definition) is 1. The van der Waals surface area contributed by atoms with Gasteiger partial charge in [-0.25, -0.2) is 4.79 Å². The molecule has 0 saturated heterocycles. The van der Waals surface area contributed by atoms with Crippen LogP contribution in [0.5, 0.6) is 0 Å². The lowest BCUT2D eigenvalue weighted by molar-refractivity contribution is 0.0697. The van der Waals surface area contributed by atoms with E-state index in [4.69, 9.17) is 0 Å².